The molecule has 1 N–H and O–H groups in total. The van der Waals surface area contributed by atoms with E-state index in [1.165, 1.54) is 11.8 Å². The van der Waals surface area contributed by atoms with Crippen LogP contribution in [-0.2, 0) is 0 Å². The molecular weight excluding hydrogens is 425 g/mol. The lowest BCUT2D eigenvalue weighted by Crippen LogP contribution is -2.30. The molecule has 1 aliphatic rings. The number of fused-ring (bicyclic) bond motifs is 1. The molecule has 0 aliphatic carbocycles. The molecule has 4 aromatic rings. The van der Waals surface area contributed by atoms with Crippen molar-refractivity contribution in [2.45, 2.75) is 42.5 Å². The number of nitrogens with one attached hydrogen (secondary N) is 1. The molecule has 1 fully saturated rings. The summed E-state index contributed by atoms with van der Waals surface area (Å²) in [6.45, 7) is 5.71. The van der Waals surface area contributed by atoms with Crippen molar-refractivity contribution in [1.29, 1.82) is 5.26 Å². The van der Waals surface area contributed by atoms with Crippen LogP contribution in [0.4, 0.5) is 4.39 Å². The Morgan fingerprint density at radius 2 is 2.00 bits per heavy atom. The largest absolute Gasteiger partial charge is 0.317 e. The van der Waals surface area contributed by atoms with Gasteiger partial charge in [0, 0.05) is 34.1 Å². The van der Waals surface area contributed by atoms with Gasteiger partial charge in [-0.15, -0.1) is 0 Å². The van der Waals surface area contributed by atoms with E-state index in [0.717, 1.165) is 47.6 Å². The van der Waals surface area contributed by atoms with Gasteiger partial charge in [0.25, 0.3) is 0 Å². The first-order chi connectivity index (χ1) is 15.6. The summed E-state index contributed by atoms with van der Waals surface area (Å²) in [4.78, 5) is 5.24. The maximum atomic E-state index is 14.7. The molecule has 0 bridgehead atoms. The third kappa shape index (κ3) is 3.55. The molecule has 5 rings (SSSR count). The minimum absolute atomic E-state index is 0.343. The smallest absolute Gasteiger partial charge is 0.158 e. The average molecular weight is 448 g/mol. The topological polar surface area (TPSA) is 83.8 Å². The SMILES string of the molecule is Cc1nccc(Sc2cc(-c3cnn(C4CCNCC4)c3C)cn3ncc(C#N)c23)c1F. The van der Waals surface area contributed by atoms with Crippen molar-refractivity contribution < 1.29 is 4.39 Å². The highest BCUT2D eigenvalue weighted by Crippen LogP contribution is 2.38. The average Bonchev–Trinajstić information content (AvgIpc) is 3.40. The first-order valence-electron chi connectivity index (χ1n) is 10.5. The minimum atomic E-state index is -0.353. The molecule has 0 radical (unpaired) electrons. The van der Waals surface area contributed by atoms with Gasteiger partial charge in [0.2, 0.25) is 0 Å². The Bertz CT molecular complexity index is 1340. The molecule has 0 spiro atoms. The Labute approximate surface area is 189 Å². The Kier molecular flexibility index (Phi) is 5.41. The molecule has 9 heteroatoms. The Hall–Kier alpha value is -3.22. The lowest BCUT2D eigenvalue weighted by atomic mass is 10.1. The third-order valence-corrected chi connectivity index (χ3v) is 7.02. The van der Waals surface area contributed by atoms with Crippen LogP contribution in [0, 0.1) is 31.0 Å². The van der Waals surface area contributed by atoms with Gasteiger partial charge in [-0.1, -0.05) is 11.8 Å². The number of nitriles is 1. The standard InChI is InChI=1S/C23H22FN7S/c1-14-22(24)20(5-8-27-14)32-21-9-16(13-30-23(21)17(10-25)11-28-30)19-12-29-31(15(19)2)18-3-6-26-7-4-18/h5,8-9,11-13,18,26H,3-4,6-7H2,1-2H3. The number of halogens is 1. The van der Waals surface area contributed by atoms with Crippen LogP contribution in [-0.4, -0.2) is 37.5 Å². The van der Waals surface area contributed by atoms with Crippen LogP contribution < -0.4 is 5.32 Å². The minimum Gasteiger partial charge on any atom is -0.317 e. The van der Waals surface area contributed by atoms with Gasteiger partial charge in [0.1, 0.15) is 6.07 Å². The van der Waals surface area contributed by atoms with Crippen molar-refractivity contribution in [1.82, 2.24) is 29.7 Å². The second kappa shape index (κ2) is 8.37. The number of nitrogens with zero attached hydrogens (tertiary/aromatic N) is 6. The van der Waals surface area contributed by atoms with Gasteiger partial charge >= 0.3 is 0 Å². The zero-order valence-electron chi connectivity index (χ0n) is 17.8. The van der Waals surface area contributed by atoms with E-state index in [0.29, 0.717) is 27.7 Å². The normalized spacial score (nSPS) is 14.7. The van der Waals surface area contributed by atoms with Crippen LogP contribution in [0.2, 0.25) is 0 Å². The molecule has 7 nitrogen and oxygen atoms in total. The second-order valence-corrected chi connectivity index (χ2v) is 9.02. The maximum absolute atomic E-state index is 14.7. The van der Waals surface area contributed by atoms with Crippen LogP contribution >= 0.6 is 11.8 Å². The van der Waals surface area contributed by atoms with Crippen molar-refractivity contribution in [2.24, 2.45) is 0 Å². The van der Waals surface area contributed by atoms with E-state index in [1.54, 1.807) is 29.9 Å². The molecule has 0 atom stereocenters. The summed E-state index contributed by atoms with van der Waals surface area (Å²) in [6.07, 6.45) is 9.03. The number of aromatic nitrogens is 5. The summed E-state index contributed by atoms with van der Waals surface area (Å²) in [5.41, 5.74) is 4.48. The molecule has 4 aromatic heterocycles. The van der Waals surface area contributed by atoms with Crippen LogP contribution in [0.25, 0.3) is 16.6 Å². The molecule has 1 saturated heterocycles. The lowest BCUT2D eigenvalue weighted by Gasteiger charge is -2.24. The molecule has 32 heavy (non-hydrogen) atoms. The van der Waals surface area contributed by atoms with Gasteiger partial charge in [-0.3, -0.25) is 9.67 Å². The van der Waals surface area contributed by atoms with E-state index >= 15 is 0 Å². The van der Waals surface area contributed by atoms with E-state index in [-0.39, 0.29) is 5.82 Å². The fourth-order valence-corrected chi connectivity index (χ4v) is 5.33. The first kappa shape index (κ1) is 20.7. The van der Waals surface area contributed by atoms with E-state index in [1.807, 2.05) is 18.5 Å². The van der Waals surface area contributed by atoms with Gasteiger partial charge < -0.3 is 5.32 Å². The number of pyridine rings is 2. The van der Waals surface area contributed by atoms with Gasteiger partial charge in [-0.25, -0.2) is 8.91 Å². The predicted octanol–water partition coefficient (Wildman–Crippen LogP) is 4.30. The van der Waals surface area contributed by atoms with Crippen molar-refractivity contribution in [3.63, 3.8) is 0 Å². The number of hydrogen-bond acceptors (Lipinski definition) is 6. The molecule has 162 valence electrons. The summed E-state index contributed by atoms with van der Waals surface area (Å²) in [5, 5.41) is 22.0. The number of aryl methyl sites for hydroxylation is 1. The van der Waals surface area contributed by atoms with Crippen LogP contribution in [0.15, 0.2) is 46.7 Å². The van der Waals surface area contributed by atoms with Crippen LogP contribution in [0.3, 0.4) is 0 Å². The molecule has 1 aliphatic heterocycles. The molecule has 0 aromatic carbocycles. The monoisotopic (exact) mass is 447 g/mol. The van der Waals surface area contributed by atoms with Crippen molar-refractivity contribution in [3.8, 4) is 17.2 Å². The van der Waals surface area contributed by atoms with E-state index in [2.05, 4.69) is 38.2 Å². The van der Waals surface area contributed by atoms with Gasteiger partial charge in [0.05, 0.1) is 40.1 Å². The number of rotatable bonds is 4. The summed E-state index contributed by atoms with van der Waals surface area (Å²) in [7, 11) is 0. The van der Waals surface area contributed by atoms with Gasteiger partial charge in [0.15, 0.2) is 5.82 Å². The Morgan fingerprint density at radius 3 is 2.78 bits per heavy atom. The highest BCUT2D eigenvalue weighted by atomic mass is 32.2. The Morgan fingerprint density at radius 1 is 1.19 bits per heavy atom. The lowest BCUT2D eigenvalue weighted by molar-refractivity contribution is 0.338. The summed E-state index contributed by atoms with van der Waals surface area (Å²) in [6, 6.07) is 6.22. The molecule has 0 saturated carbocycles. The predicted molar refractivity (Wildman–Crippen MR) is 120 cm³/mol. The maximum Gasteiger partial charge on any atom is 0.158 e. The van der Waals surface area contributed by atoms with Crippen LogP contribution in [0.1, 0.15) is 35.8 Å². The molecule has 0 unspecified atom stereocenters. The summed E-state index contributed by atoms with van der Waals surface area (Å²) >= 11 is 1.28. The molecule has 0 amide bonds. The van der Waals surface area contributed by atoms with E-state index in [4.69, 9.17) is 0 Å². The van der Waals surface area contributed by atoms with E-state index in [9.17, 15) is 9.65 Å². The van der Waals surface area contributed by atoms with Gasteiger partial charge in [-0.05, 0) is 51.9 Å². The second-order valence-electron chi connectivity index (χ2n) is 7.94. The number of piperidine rings is 1. The highest BCUT2D eigenvalue weighted by Gasteiger charge is 2.21. The Balaban J connectivity index is 1.62. The molecular formula is C23H22FN7S. The fourth-order valence-electron chi connectivity index (χ4n) is 4.24. The van der Waals surface area contributed by atoms with Crippen LogP contribution in [0.5, 0.6) is 0 Å². The number of hydrogen-bond donors (Lipinski definition) is 1. The zero-order chi connectivity index (χ0) is 22.2. The van der Waals surface area contributed by atoms with E-state index < -0.39 is 0 Å². The van der Waals surface area contributed by atoms with Crippen molar-refractivity contribution in [3.05, 3.63) is 59.7 Å². The van der Waals surface area contributed by atoms with Crippen molar-refractivity contribution >= 4 is 17.3 Å². The quantitative estimate of drug-likeness (QED) is 0.502. The van der Waals surface area contributed by atoms with Gasteiger partial charge in [-0.2, -0.15) is 15.5 Å². The summed E-state index contributed by atoms with van der Waals surface area (Å²) < 4.78 is 18.5. The van der Waals surface area contributed by atoms with Crippen molar-refractivity contribution in [2.75, 3.05) is 13.1 Å². The zero-order valence-corrected chi connectivity index (χ0v) is 18.7. The first-order valence-corrected chi connectivity index (χ1v) is 11.3. The summed E-state index contributed by atoms with van der Waals surface area (Å²) in [5.74, 6) is -0.353. The third-order valence-electron chi connectivity index (χ3n) is 5.96. The highest BCUT2D eigenvalue weighted by molar-refractivity contribution is 7.99. The fraction of sp³-hybridized carbons (Fsp3) is 0.304. The molecule has 5 heterocycles.